The highest BCUT2D eigenvalue weighted by molar-refractivity contribution is 7.98. The zero-order chi connectivity index (χ0) is 14.7. The van der Waals surface area contributed by atoms with Gasteiger partial charge in [0.05, 0.1) is 0 Å². The van der Waals surface area contributed by atoms with Crippen LogP contribution in [0.3, 0.4) is 0 Å². The number of carbonyl (C=O) groups is 1. The number of halogens is 2. The van der Waals surface area contributed by atoms with Crippen LogP contribution in [-0.2, 0) is 5.75 Å². The lowest BCUT2D eigenvalue weighted by molar-refractivity contribution is 0.0924. The van der Waals surface area contributed by atoms with E-state index in [2.05, 4.69) is 0 Å². The fourth-order valence-electron chi connectivity index (χ4n) is 1.59. The van der Waals surface area contributed by atoms with Gasteiger partial charge in [-0.2, -0.15) is 0 Å². The molecule has 0 aliphatic carbocycles. The average Bonchev–Trinajstić information content (AvgIpc) is 2.78. The van der Waals surface area contributed by atoms with E-state index >= 15 is 0 Å². The lowest BCUT2D eigenvalue weighted by atomic mass is 10.3. The number of hydrogen-bond acceptors (Lipinski definition) is 4. The molecule has 106 valence electrons. The maximum Gasteiger partial charge on any atom is 0.300 e. The minimum absolute atomic E-state index is 0.0974. The van der Waals surface area contributed by atoms with Crippen molar-refractivity contribution in [3.63, 3.8) is 0 Å². The highest BCUT2D eigenvalue weighted by Crippen LogP contribution is 2.28. The molecular weight excluding hydrogens is 286 g/mol. The molecule has 0 atom stereocenters. The number of rotatable bonds is 4. The Labute approximate surface area is 118 Å². The molecule has 0 aliphatic heterocycles. The van der Waals surface area contributed by atoms with Crippen molar-refractivity contribution in [2.45, 2.75) is 17.6 Å². The summed E-state index contributed by atoms with van der Waals surface area (Å²) in [5, 5.41) is 0. The van der Waals surface area contributed by atoms with E-state index < -0.39 is 17.5 Å². The summed E-state index contributed by atoms with van der Waals surface area (Å²) in [5.74, 6) is 4.30. The van der Waals surface area contributed by atoms with Crippen LogP contribution in [0.2, 0.25) is 0 Å². The minimum atomic E-state index is -0.617. The van der Waals surface area contributed by atoms with Gasteiger partial charge in [-0.3, -0.25) is 10.2 Å². The van der Waals surface area contributed by atoms with Crippen LogP contribution in [0.1, 0.15) is 21.9 Å². The number of nitrogens with one attached hydrogen (secondary N) is 1. The van der Waals surface area contributed by atoms with Crippen molar-refractivity contribution in [3.8, 4) is 0 Å². The van der Waals surface area contributed by atoms with Crippen molar-refractivity contribution < 1.29 is 18.0 Å². The van der Waals surface area contributed by atoms with E-state index in [-0.39, 0.29) is 5.76 Å². The van der Waals surface area contributed by atoms with Gasteiger partial charge in [-0.1, -0.05) is 0 Å². The molecule has 2 rings (SSSR count). The Morgan fingerprint density at radius 3 is 2.80 bits per heavy atom. The number of carbonyl (C=O) groups excluding carboxylic acids is 1. The summed E-state index contributed by atoms with van der Waals surface area (Å²) in [7, 11) is 0. The first-order valence-corrected chi connectivity index (χ1v) is 6.68. The maximum absolute atomic E-state index is 13.5. The Bertz CT molecular complexity index is 643. The smallest absolute Gasteiger partial charge is 0.300 e. The molecule has 1 aromatic carbocycles. The van der Waals surface area contributed by atoms with Crippen molar-refractivity contribution in [2.24, 2.45) is 5.84 Å². The molecule has 7 heteroatoms. The molecular formula is C13H12F2N2O2S. The van der Waals surface area contributed by atoms with Crippen molar-refractivity contribution >= 4 is 17.7 Å². The van der Waals surface area contributed by atoms with E-state index in [1.807, 2.05) is 5.43 Å². The first kappa shape index (κ1) is 14.5. The molecule has 2 aromatic rings. The van der Waals surface area contributed by atoms with Crippen LogP contribution in [0, 0.1) is 18.6 Å². The number of hydrogen-bond donors (Lipinski definition) is 2. The van der Waals surface area contributed by atoms with Gasteiger partial charge in [0.15, 0.2) is 5.76 Å². The predicted octanol–water partition coefficient (Wildman–Crippen LogP) is 2.76. The van der Waals surface area contributed by atoms with Crippen LogP contribution in [0.25, 0.3) is 0 Å². The number of benzene rings is 1. The number of hydrazine groups is 1. The van der Waals surface area contributed by atoms with Gasteiger partial charge in [-0.15, -0.1) is 11.8 Å². The third-order valence-electron chi connectivity index (χ3n) is 2.65. The monoisotopic (exact) mass is 298 g/mol. The Balaban J connectivity index is 2.11. The molecule has 1 aromatic heterocycles. The van der Waals surface area contributed by atoms with Gasteiger partial charge in [-0.25, -0.2) is 14.6 Å². The second-order valence-electron chi connectivity index (χ2n) is 4.03. The molecule has 0 saturated heterocycles. The number of furan rings is 1. The number of amides is 1. The molecule has 0 aliphatic rings. The van der Waals surface area contributed by atoms with E-state index in [1.165, 1.54) is 23.9 Å². The third kappa shape index (κ3) is 3.17. The first-order chi connectivity index (χ1) is 9.51. The Kier molecular flexibility index (Phi) is 4.41. The van der Waals surface area contributed by atoms with E-state index in [0.29, 0.717) is 16.4 Å². The van der Waals surface area contributed by atoms with Gasteiger partial charge < -0.3 is 4.42 Å². The van der Waals surface area contributed by atoms with Crippen molar-refractivity contribution in [3.05, 3.63) is 53.0 Å². The van der Waals surface area contributed by atoms with Crippen molar-refractivity contribution in [1.29, 1.82) is 0 Å². The summed E-state index contributed by atoms with van der Waals surface area (Å²) >= 11 is 1.19. The zero-order valence-corrected chi connectivity index (χ0v) is 11.4. The highest BCUT2D eigenvalue weighted by Gasteiger charge is 2.14. The van der Waals surface area contributed by atoms with Crippen LogP contribution in [0.5, 0.6) is 0 Å². The minimum Gasteiger partial charge on any atom is -0.456 e. The topological polar surface area (TPSA) is 68.3 Å². The molecule has 0 unspecified atom stereocenters. The van der Waals surface area contributed by atoms with Gasteiger partial charge in [0.25, 0.3) is 0 Å². The fraction of sp³-hybridized carbons (Fsp3) is 0.154. The van der Waals surface area contributed by atoms with E-state index in [0.717, 1.165) is 11.6 Å². The normalized spacial score (nSPS) is 10.6. The SMILES string of the molecule is Cc1oc(C(=O)NN)cc1CSc1ccc(F)cc1F. The molecule has 20 heavy (non-hydrogen) atoms. The van der Waals surface area contributed by atoms with Crippen LogP contribution in [-0.4, -0.2) is 5.91 Å². The van der Waals surface area contributed by atoms with Gasteiger partial charge >= 0.3 is 5.91 Å². The Morgan fingerprint density at radius 1 is 1.40 bits per heavy atom. The third-order valence-corrected chi connectivity index (χ3v) is 3.75. The van der Waals surface area contributed by atoms with Crippen LogP contribution in [0.4, 0.5) is 8.78 Å². The first-order valence-electron chi connectivity index (χ1n) is 5.69. The highest BCUT2D eigenvalue weighted by atomic mass is 32.2. The molecule has 1 amide bonds. The molecule has 1 heterocycles. The second-order valence-corrected chi connectivity index (χ2v) is 5.05. The second kappa shape index (κ2) is 6.06. The molecule has 0 radical (unpaired) electrons. The predicted molar refractivity (Wildman–Crippen MR) is 71.0 cm³/mol. The lowest BCUT2D eigenvalue weighted by Gasteiger charge is -2.02. The van der Waals surface area contributed by atoms with Crippen molar-refractivity contribution in [2.75, 3.05) is 0 Å². The number of nitrogen functional groups attached to an aromatic ring is 1. The maximum atomic E-state index is 13.5. The van der Waals surface area contributed by atoms with E-state index in [4.69, 9.17) is 10.3 Å². The number of thioether (sulfide) groups is 1. The van der Waals surface area contributed by atoms with Crippen LogP contribution < -0.4 is 11.3 Å². The summed E-state index contributed by atoms with van der Waals surface area (Å²) in [6.07, 6.45) is 0. The van der Waals surface area contributed by atoms with Crippen LogP contribution in [0.15, 0.2) is 33.6 Å². The van der Waals surface area contributed by atoms with E-state index in [9.17, 15) is 13.6 Å². The average molecular weight is 298 g/mol. The summed E-state index contributed by atoms with van der Waals surface area (Å²) in [4.78, 5) is 11.6. The number of aryl methyl sites for hydroxylation is 1. The molecule has 3 N–H and O–H groups in total. The van der Waals surface area contributed by atoms with Crippen molar-refractivity contribution in [1.82, 2.24) is 5.43 Å². The standard InChI is InChI=1S/C13H12F2N2O2S/c1-7-8(4-11(19-7)13(18)17-16)6-20-12-3-2-9(14)5-10(12)15/h2-5H,6,16H2,1H3,(H,17,18). The molecule has 4 nitrogen and oxygen atoms in total. The summed E-state index contributed by atoms with van der Waals surface area (Å²) < 4.78 is 31.5. The lowest BCUT2D eigenvalue weighted by Crippen LogP contribution is -2.29. The molecule has 0 saturated carbocycles. The van der Waals surface area contributed by atoms with Gasteiger partial charge in [0.1, 0.15) is 17.4 Å². The quantitative estimate of drug-likeness (QED) is 0.394. The largest absolute Gasteiger partial charge is 0.456 e. The Morgan fingerprint density at radius 2 is 2.15 bits per heavy atom. The molecule has 0 bridgehead atoms. The van der Waals surface area contributed by atoms with Crippen LogP contribution >= 0.6 is 11.8 Å². The van der Waals surface area contributed by atoms with Gasteiger partial charge in [0, 0.05) is 22.3 Å². The summed E-state index contributed by atoms with van der Waals surface area (Å²) in [5.41, 5.74) is 2.72. The molecule has 0 fully saturated rings. The summed E-state index contributed by atoms with van der Waals surface area (Å²) in [6, 6.07) is 4.95. The van der Waals surface area contributed by atoms with Gasteiger partial charge in [0.2, 0.25) is 0 Å². The van der Waals surface area contributed by atoms with E-state index in [1.54, 1.807) is 13.0 Å². The number of nitrogens with two attached hydrogens (primary N) is 1. The van der Waals surface area contributed by atoms with Gasteiger partial charge in [-0.05, 0) is 25.1 Å². The molecule has 0 spiro atoms. The fourth-order valence-corrected chi connectivity index (χ4v) is 2.55. The Hall–Kier alpha value is -1.86. The summed E-state index contributed by atoms with van der Waals surface area (Å²) in [6.45, 7) is 1.70. The zero-order valence-electron chi connectivity index (χ0n) is 10.6.